The average molecular weight is 254 g/mol. The van der Waals surface area contributed by atoms with E-state index < -0.39 is 5.97 Å². The molecule has 2 heterocycles. The van der Waals surface area contributed by atoms with Gasteiger partial charge in [-0.3, -0.25) is 0 Å². The van der Waals surface area contributed by atoms with Gasteiger partial charge in [0.25, 0.3) is 0 Å². The fourth-order valence-electron chi connectivity index (χ4n) is 1.14. The zero-order valence-corrected chi connectivity index (χ0v) is 9.81. The number of hydrogen-bond donors (Lipinski definition) is 1. The van der Waals surface area contributed by atoms with Crippen molar-refractivity contribution in [3.05, 3.63) is 30.0 Å². The minimum absolute atomic E-state index is 0.178. The molecular weight excluding hydrogens is 244 g/mol. The van der Waals surface area contributed by atoms with E-state index in [4.69, 9.17) is 10.3 Å². The maximum atomic E-state index is 11.1. The average Bonchev–Trinajstić information content (AvgIpc) is 2.94. The van der Waals surface area contributed by atoms with Gasteiger partial charge in [0.15, 0.2) is 0 Å². The lowest BCUT2D eigenvalue weighted by Gasteiger charge is -1.97. The fraction of sp³-hybridized carbons (Fsp3) is 0.222. The van der Waals surface area contributed by atoms with Crippen molar-refractivity contribution in [3.63, 3.8) is 0 Å². The molecule has 2 rings (SSSR count). The van der Waals surface area contributed by atoms with Crippen LogP contribution in [0.3, 0.4) is 0 Å². The second-order valence-electron chi connectivity index (χ2n) is 3.07. The number of carbonyl (C=O) groups is 1. The molecule has 2 aromatic heterocycles. The minimum atomic E-state index is -0.497. The number of aromatic nitrogens is 3. The molecule has 90 valence electrons. The maximum Gasteiger partial charge on any atom is 0.373 e. The van der Waals surface area contributed by atoms with Gasteiger partial charge in [-0.2, -0.15) is 0 Å². The molecule has 0 atom stereocenters. The van der Waals surface area contributed by atoms with Crippen LogP contribution in [0.4, 0.5) is 0 Å². The Kier molecular flexibility index (Phi) is 3.33. The molecule has 0 amide bonds. The molecule has 0 unspecified atom stereocenters. The zero-order valence-electron chi connectivity index (χ0n) is 8.99. The van der Waals surface area contributed by atoms with E-state index in [1.54, 1.807) is 12.1 Å². The molecule has 0 fully saturated rings. The van der Waals surface area contributed by atoms with E-state index in [-0.39, 0.29) is 5.76 Å². The lowest BCUT2D eigenvalue weighted by atomic mass is 10.4. The van der Waals surface area contributed by atoms with Gasteiger partial charge in [-0.05, 0) is 12.1 Å². The molecule has 0 saturated carbocycles. The van der Waals surface area contributed by atoms with Crippen molar-refractivity contribution >= 4 is 17.7 Å². The highest BCUT2D eigenvalue weighted by molar-refractivity contribution is 7.98. The molecule has 0 bridgehead atoms. The predicted molar refractivity (Wildman–Crippen MR) is 59.8 cm³/mol. The number of hydrogen-bond acceptors (Lipinski definition) is 7. The van der Waals surface area contributed by atoms with Gasteiger partial charge in [0.05, 0.1) is 12.9 Å². The van der Waals surface area contributed by atoms with Crippen molar-refractivity contribution in [3.8, 4) is 0 Å². The van der Waals surface area contributed by atoms with Crippen LogP contribution in [-0.4, -0.2) is 28.0 Å². The molecule has 7 nitrogen and oxygen atoms in total. The normalized spacial score (nSPS) is 10.4. The van der Waals surface area contributed by atoms with E-state index in [9.17, 15) is 4.79 Å². The van der Waals surface area contributed by atoms with Crippen LogP contribution in [-0.2, 0) is 10.5 Å². The van der Waals surface area contributed by atoms with E-state index in [0.29, 0.717) is 16.7 Å². The summed E-state index contributed by atoms with van der Waals surface area (Å²) in [4.78, 5) is 11.1. The van der Waals surface area contributed by atoms with E-state index in [2.05, 4.69) is 14.9 Å². The van der Waals surface area contributed by atoms with Gasteiger partial charge >= 0.3 is 5.97 Å². The Hall–Kier alpha value is -1.96. The third-order valence-electron chi connectivity index (χ3n) is 1.93. The Labute approximate surface area is 101 Å². The predicted octanol–water partition coefficient (Wildman–Crippen LogP) is 0.664. The highest BCUT2D eigenvalue weighted by Gasteiger charge is 2.12. The molecule has 0 aliphatic heterocycles. The summed E-state index contributed by atoms with van der Waals surface area (Å²) in [6.45, 7) is 0. The smallest absolute Gasteiger partial charge is 0.373 e. The molecule has 2 aromatic rings. The standard InChI is InChI=1S/C9H10N4O3S/c1-15-8(14)7-3-2-6(16-7)4-17-9-12-11-5-13(9)10/h2-3,5H,4,10H2,1H3. The number of nitrogen functional groups attached to an aromatic ring is 1. The van der Waals surface area contributed by atoms with Gasteiger partial charge in [-0.1, -0.05) is 11.8 Å². The second-order valence-corrected chi connectivity index (χ2v) is 4.01. The number of nitrogens with two attached hydrogens (primary N) is 1. The highest BCUT2D eigenvalue weighted by Crippen LogP contribution is 2.21. The number of thioether (sulfide) groups is 1. The first-order valence-electron chi connectivity index (χ1n) is 4.65. The van der Waals surface area contributed by atoms with Crippen LogP contribution >= 0.6 is 11.8 Å². The number of rotatable bonds is 4. The number of esters is 1. The molecule has 0 spiro atoms. The van der Waals surface area contributed by atoms with E-state index in [1.807, 2.05) is 0 Å². The molecule has 0 radical (unpaired) electrons. The molecule has 0 aliphatic rings. The number of furan rings is 1. The van der Waals surface area contributed by atoms with Gasteiger partial charge in [0.2, 0.25) is 10.9 Å². The van der Waals surface area contributed by atoms with Crippen molar-refractivity contribution in [1.82, 2.24) is 14.9 Å². The summed E-state index contributed by atoms with van der Waals surface area (Å²) >= 11 is 1.36. The van der Waals surface area contributed by atoms with Gasteiger partial charge in [-0.25, -0.2) is 9.47 Å². The largest absolute Gasteiger partial charge is 0.463 e. The Morgan fingerprint density at radius 2 is 2.47 bits per heavy atom. The van der Waals surface area contributed by atoms with Crippen molar-refractivity contribution < 1.29 is 13.9 Å². The van der Waals surface area contributed by atoms with Crippen molar-refractivity contribution in [2.75, 3.05) is 13.0 Å². The molecule has 2 N–H and O–H groups in total. The summed E-state index contributed by atoms with van der Waals surface area (Å²) in [5, 5.41) is 8.02. The highest BCUT2D eigenvalue weighted by atomic mass is 32.2. The third-order valence-corrected chi connectivity index (χ3v) is 2.91. The topological polar surface area (TPSA) is 96.2 Å². The lowest BCUT2D eigenvalue weighted by Crippen LogP contribution is -2.07. The quantitative estimate of drug-likeness (QED) is 0.486. The molecule has 17 heavy (non-hydrogen) atoms. The molecule has 0 aliphatic carbocycles. The van der Waals surface area contributed by atoms with Crippen LogP contribution in [0.2, 0.25) is 0 Å². The third kappa shape index (κ3) is 2.59. The van der Waals surface area contributed by atoms with Crippen LogP contribution in [0.25, 0.3) is 0 Å². The van der Waals surface area contributed by atoms with Crippen LogP contribution < -0.4 is 5.84 Å². The van der Waals surface area contributed by atoms with Crippen LogP contribution in [0.5, 0.6) is 0 Å². The first kappa shape index (κ1) is 11.5. The fourth-order valence-corrected chi connectivity index (χ4v) is 1.86. The van der Waals surface area contributed by atoms with Crippen LogP contribution in [0.1, 0.15) is 16.3 Å². The minimum Gasteiger partial charge on any atom is -0.463 e. The number of methoxy groups -OCH3 is 1. The van der Waals surface area contributed by atoms with Gasteiger partial charge in [-0.15, -0.1) is 10.2 Å². The Morgan fingerprint density at radius 1 is 1.65 bits per heavy atom. The Balaban J connectivity index is 1.98. The Morgan fingerprint density at radius 3 is 3.12 bits per heavy atom. The number of nitrogens with zero attached hydrogens (tertiary/aromatic N) is 3. The lowest BCUT2D eigenvalue weighted by molar-refractivity contribution is 0.0563. The molecule has 0 aromatic carbocycles. The SMILES string of the molecule is COC(=O)c1ccc(CSc2nncn2N)o1. The van der Waals surface area contributed by atoms with Crippen molar-refractivity contribution in [1.29, 1.82) is 0 Å². The van der Waals surface area contributed by atoms with Gasteiger partial charge in [0, 0.05) is 0 Å². The zero-order chi connectivity index (χ0) is 12.3. The number of carbonyl (C=O) groups excluding carboxylic acids is 1. The van der Waals surface area contributed by atoms with Crippen molar-refractivity contribution in [2.24, 2.45) is 0 Å². The van der Waals surface area contributed by atoms with Crippen molar-refractivity contribution in [2.45, 2.75) is 10.9 Å². The summed E-state index contributed by atoms with van der Waals surface area (Å²) in [7, 11) is 1.30. The summed E-state index contributed by atoms with van der Waals surface area (Å²) < 4.78 is 11.1. The molecule has 8 heteroatoms. The molecule has 0 saturated heterocycles. The summed E-state index contributed by atoms with van der Waals surface area (Å²) in [6, 6.07) is 3.27. The first-order chi connectivity index (χ1) is 8.20. The van der Waals surface area contributed by atoms with E-state index >= 15 is 0 Å². The van der Waals surface area contributed by atoms with Gasteiger partial charge in [0.1, 0.15) is 12.1 Å². The van der Waals surface area contributed by atoms with Crippen LogP contribution in [0, 0.1) is 0 Å². The van der Waals surface area contributed by atoms with E-state index in [1.165, 1.54) is 29.9 Å². The second kappa shape index (κ2) is 4.91. The summed E-state index contributed by atoms with van der Waals surface area (Å²) in [6.07, 6.45) is 1.41. The monoisotopic (exact) mass is 254 g/mol. The summed E-state index contributed by atoms with van der Waals surface area (Å²) in [5.74, 6) is 6.37. The first-order valence-corrected chi connectivity index (χ1v) is 5.64. The van der Waals surface area contributed by atoms with Crippen LogP contribution in [0.15, 0.2) is 28.0 Å². The van der Waals surface area contributed by atoms with Gasteiger partial charge < -0.3 is 15.0 Å². The molecular formula is C9H10N4O3S. The Bertz CT molecular complexity index is 522. The summed E-state index contributed by atoms with van der Waals surface area (Å²) in [5.41, 5.74) is 0. The maximum absolute atomic E-state index is 11.1. The number of ether oxygens (including phenoxy) is 1. The van der Waals surface area contributed by atoms with E-state index in [0.717, 1.165) is 0 Å².